The van der Waals surface area contributed by atoms with Crippen LogP contribution in [0.4, 0.5) is 0 Å². The van der Waals surface area contributed by atoms with E-state index in [1.165, 1.54) is 0 Å². The molecule has 0 fully saturated rings. The number of carbonyl (C=O) groups excluding carboxylic acids is 3. The minimum absolute atomic E-state index is 0.174. The summed E-state index contributed by atoms with van der Waals surface area (Å²) in [7, 11) is 1.54. The molecule has 8 nitrogen and oxygen atoms in total. The summed E-state index contributed by atoms with van der Waals surface area (Å²) in [5.41, 5.74) is 4.07. The minimum Gasteiger partial charge on any atom is -0.497 e. The zero-order valence-electron chi connectivity index (χ0n) is 12.6. The van der Waals surface area contributed by atoms with Crippen LogP contribution in [0.25, 0.3) is 0 Å². The summed E-state index contributed by atoms with van der Waals surface area (Å²) in [6, 6.07) is 6.48. The Morgan fingerprint density at radius 3 is 2.14 bits per heavy atom. The van der Waals surface area contributed by atoms with Gasteiger partial charge in [-0.3, -0.25) is 25.2 Å². The Hall–Kier alpha value is -2.77. The first-order valence-electron chi connectivity index (χ1n) is 6.59. The maximum Gasteiger partial charge on any atom is 0.327 e. The van der Waals surface area contributed by atoms with Gasteiger partial charge in [0.2, 0.25) is 0 Å². The van der Waals surface area contributed by atoms with Crippen LogP contribution >= 0.6 is 0 Å². The molecule has 0 aliphatic carbocycles. The van der Waals surface area contributed by atoms with Gasteiger partial charge in [-0.1, -0.05) is 0 Å². The summed E-state index contributed by atoms with van der Waals surface area (Å²) in [5, 5.41) is 2.39. The molecule has 8 heteroatoms. The predicted molar refractivity (Wildman–Crippen MR) is 78.1 cm³/mol. The van der Waals surface area contributed by atoms with Gasteiger partial charge in [0, 0.05) is 6.04 Å². The second-order valence-corrected chi connectivity index (χ2v) is 4.59. The maximum absolute atomic E-state index is 11.5. The SMILES string of the molecule is COc1ccc(OCC(=O)NNC(=O)C(=O)NC(C)C)cc1. The van der Waals surface area contributed by atoms with Crippen LogP contribution in [0.2, 0.25) is 0 Å². The van der Waals surface area contributed by atoms with Crippen molar-refractivity contribution in [2.24, 2.45) is 0 Å². The number of carbonyl (C=O) groups is 3. The van der Waals surface area contributed by atoms with Crippen molar-refractivity contribution in [3.05, 3.63) is 24.3 Å². The summed E-state index contributed by atoms with van der Waals surface area (Å²) in [4.78, 5) is 34.1. The van der Waals surface area contributed by atoms with Gasteiger partial charge < -0.3 is 14.8 Å². The molecule has 0 bridgehead atoms. The predicted octanol–water partition coefficient (Wildman–Crippen LogP) is -0.254. The number of hydrogen-bond acceptors (Lipinski definition) is 5. The van der Waals surface area contributed by atoms with Crippen LogP contribution < -0.4 is 25.6 Å². The Labute approximate surface area is 128 Å². The third-order valence-corrected chi connectivity index (χ3v) is 2.37. The molecule has 0 aliphatic heterocycles. The van der Waals surface area contributed by atoms with Crippen molar-refractivity contribution in [3.63, 3.8) is 0 Å². The van der Waals surface area contributed by atoms with Crippen molar-refractivity contribution < 1.29 is 23.9 Å². The molecule has 1 aromatic rings. The van der Waals surface area contributed by atoms with Crippen LogP contribution in [0, 0.1) is 0 Å². The van der Waals surface area contributed by atoms with Crippen molar-refractivity contribution in [1.29, 1.82) is 0 Å². The first-order valence-corrected chi connectivity index (χ1v) is 6.59. The van der Waals surface area contributed by atoms with Gasteiger partial charge in [0.15, 0.2) is 6.61 Å². The summed E-state index contributed by atoms with van der Waals surface area (Å²) in [5.74, 6) is -1.24. The number of rotatable bonds is 5. The lowest BCUT2D eigenvalue weighted by Crippen LogP contribution is -2.50. The highest BCUT2D eigenvalue weighted by atomic mass is 16.5. The van der Waals surface area contributed by atoms with Crippen molar-refractivity contribution in [2.45, 2.75) is 19.9 Å². The van der Waals surface area contributed by atoms with E-state index < -0.39 is 17.7 Å². The quantitative estimate of drug-likeness (QED) is 0.513. The van der Waals surface area contributed by atoms with Gasteiger partial charge >= 0.3 is 11.8 Å². The largest absolute Gasteiger partial charge is 0.497 e. The molecule has 3 N–H and O–H groups in total. The van der Waals surface area contributed by atoms with E-state index in [9.17, 15) is 14.4 Å². The van der Waals surface area contributed by atoms with Crippen molar-refractivity contribution in [2.75, 3.05) is 13.7 Å². The van der Waals surface area contributed by atoms with Gasteiger partial charge in [-0.25, -0.2) is 0 Å². The van der Waals surface area contributed by atoms with Crippen LogP contribution in [0.1, 0.15) is 13.8 Å². The third-order valence-electron chi connectivity index (χ3n) is 2.37. The minimum atomic E-state index is -0.952. The average molecular weight is 309 g/mol. The van der Waals surface area contributed by atoms with Crippen molar-refractivity contribution in [1.82, 2.24) is 16.2 Å². The molecule has 0 spiro atoms. The molecule has 0 saturated heterocycles. The smallest absolute Gasteiger partial charge is 0.327 e. The van der Waals surface area contributed by atoms with E-state index in [1.54, 1.807) is 45.2 Å². The average Bonchev–Trinajstić information content (AvgIpc) is 2.50. The fourth-order valence-electron chi connectivity index (χ4n) is 1.37. The van der Waals surface area contributed by atoms with Crippen LogP contribution in [0.15, 0.2) is 24.3 Å². The van der Waals surface area contributed by atoms with E-state index >= 15 is 0 Å². The zero-order valence-corrected chi connectivity index (χ0v) is 12.6. The van der Waals surface area contributed by atoms with E-state index in [4.69, 9.17) is 9.47 Å². The Bertz CT molecular complexity index is 528. The van der Waals surface area contributed by atoms with E-state index in [0.29, 0.717) is 11.5 Å². The zero-order chi connectivity index (χ0) is 16.5. The molecule has 0 saturated carbocycles. The highest BCUT2D eigenvalue weighted by Gasteiger charge is 2.14. The standard InChI is InChI=1S/C14H19N3O5/c1-9(2)15-13(19)14(20)17-16-12(18)8-22-11-6-4-10(21-3)5-7-11/h4-7,9H,8H2,1-3H3,(H,15,19)(H,16,18)(H,17,20). The van der Waals surface area contributed by atoms with Crippen molar-refractivity contribution >= 4 is 17.7 Å². The molecule has 0 radical (unpaired) electrons. The Morgan fingerprint density at radius 1 is 1.00 bits per heavy atom. The van der Waals surface area contributed by atoms with E-state index in [-0.39, 0.29) is 12.6 Å². The Morgan fingerprint density at radius 2 is 1.59 bits per heavy atom. The van der Waals surface area contributed by atoms with Gasteiger partial charge in [0.25, 0.3) is 5.91 Å². The Kier molecular flexibility index (Phi) is 6.68. The normalized spacial score (nSPS) is 9.82. The number of ether oxygens (including phenoxy) is 2. The van der Waals surface area contributed by atoms with Crippen molar-refractivity contribution in [3.8, 4) is 11.5 Å². The maximum atomic E-state index is 11.5. The molecule has 120 valence electrons. The molecule has 1 aromatic carbocycles. The van der Waals surface area contributed by atoms with Crippen LogP contribution in [-0.2, 0) is 14.4 Å². The molecule has 0 atom stereocenters. The number of hydrazine groups is 1. The lowest BCUT2D eigenvalue weighted by Gasteiger charge is -2.10. The fourth-order valence-corrected chi connectivity index (χ4v) is 1.37. The number of nitrogens with one attached hydrogen (secondary N) is 3. The topological polar surface area (TPSA) is 106 Å². The van der Waals surface area contributed by atoms with Gasteiger partial charge in [-0.05, 0) is 38.1 Å². The van der Waals surface area contributed by atoms with Gasteiger partial charge in [0.05, 0.1) is 7.11 Å². The number of benzene rings is 1. The fraction of sp³-hybridized carbons (Fsp3) is 0.357. The summed E-state index contributed by atoms with van der Waals surface area (Å²) >= 11 is 0. The summed E-state index contributed by atoms with van der Waals surface area (Å²) < 4.78 is 10.2. The van der Waals surface area contributed by atoms with Crippen LogP contribution in [0.5, 0.6) is 11.5 Å². The first kappa shape index (κ1) is 17.3. The molecule has 0 unspecified atom stereocenters. The monoisotopic (exact) mass is 309 g/mol. The second-order valence-electron chi connectivity index (χ2n) is 4.59. The number of amides is 3. The summed E-state index contributed by atoms with van der Waals surface area (Å²) in [6.07, 6.45) is 0. The molecule has 0 aliphatic rings. The lowest BCUT2D eigenvalue weighted by molar-refractivity contribution is -0.141. The van der Waals surface area contributed by atoms with Crippen LogP contribution in [-0.4, -0.2) is 37.5 Å². The first-order chi connectivity index (χ1) is 10.4. The third kappa shape index (κ3) is 6.12. The molecule has 0 heterocycles. The van der Waals surface area contributed by atoms with E-state index in [0.717, 1.165) is 0 Å². The highest BCUT2D eigenvalue weighted by Crippen LogP contribution is 2.16. The van der Waals surface area contributed by atoms with Gasteiger partial charge in [0.1, 0.15) is 11.5 Å². The molecule has 0 aromatic heterocycles. The lowest BCUT2D eigenvalue weighted by atomic mass is 10.3. The molecule has 3 amide bonds. The summed E-state index contributed by atoms with van der Waals surface area (Å²) in [6.45, 7) is 3.12. The molecular weight excluding hydrogens is 290 g/mol. The van der Waals surface area contributed by atoms with E-state index in [1.807, 2.05) is 5.43 Å². The number of hydrogen-bond donors (Lipinski definition) is 3. The highest BCUT2D eigenvalue weighted by molar-refractivity contribution is 6.35. The molecular formula is C14H19N3O5. The Balaban J connectivity index is 2.31. The van der Waals surface area contributed by atoms with Gasteiger partial charge in [-0.15, -0.1) is 0 Å². The molecule has 1 rings (SSSR count). The molecule has 22 heavy (non-hydrogen) atoms. The van der Waals surface area contributed by atoms with E-state index in [2.05, 4.69) is 10.7 Å². The van der Waals surface area contributed by atoms with Gasteiger partial charge in [-0.2, -0.15) is 0 Å². The van der Waals surface area contributed by atoms with Crippen LogP contribution in [0.3, 0.4) is 0 Å². The second kappa shape index (κ2) is 8.50. The number of methoxy groups -OCH3 is 1.